The Kier molecular flexibility index (Phi) is 14.9. The summed E-state index contributed by atoms with van der Waals surface area (Å²) in [5.74, 6) is 2.41. The lowest BCUT2D eigenvalue weighted by molar-refractivity contribution is -0.151. The Balaban J connectivity index is 0.000000149. The van der Waals surface area contributed by atoms with Crippen LogP contribution in [-0.2, 0) is 32.6 Å². The highest BCUT2D eigenvalue weighted by Crippen LogP contribution is 2.45. The lowest BCUT2D eigenvalue weighted by atomic mass is 9.68. The topological polar surface area (TPSA) is 106 Å². The fourth-order valence-electron chi connectivity index (χ4n) is 10.3. The van der Waals surface area contributed by atoms with Crippen LogP contribution in [0.15, 0.2) is 0 Å². The van der Waals surface area contributed by atoms with E-state index < -0.39 is 16.6 Å². The fraction of sp³-hybridized carbons (Fsp3) is 0.976. The van der Waals surface area contributed by atoms with Crippen LogP contribution in [0.1, 0.15) is 122 Å². The number of carbonyl (C=O) groups is 1. The van der Waals surface area contributed by atoms with E-state index in [1.54, 1.807) is 0 Å². The molecule has 0 aromatic heterocycles. The first-order chi connectivity index (χ1) is 25.4. The quantitative estimate of drug-likeness (QED) is 0.114. The number of ether oxygens (including phenoxy) is 5. The molecule has 4 saturated heterocycles. The second-order valence-corrected chi connectivity index (χ2v) is 28.4. The van der Waals surface area contributed by atoms with Crippen molar-refractivity contribution in [1.29, 1.82) is 0 Å². The van der Waals surface area contributed by atoms with Crippen LogP contribution in [-0.4, -0.2) is 100.0 Å². The molecule has 9 aliphatic rings. The minimum atomic E-state index is -1.53. The van der Waals surface area contributed by atoms with E-state index in [4.69, 9.17) is 32.9 Å². The Bertz CT molecular complexity index is 1110. The van der Waals surface area contributed by atoms with Crippen molar-refractivity contribution in [1.82, 2.24) is 0 Å². The molecule has 4 aliphatic heterocycles. The standard InChI is InChI=1S/C20H38O3Si2.C14H20O4.C7H14O.CH6Si/c1-24(2,11-9-15-5-7-17-19(13-15)21-17)23-25(3,4)12-10-16-6-8-18-20(14-16)22-18;15-14(9-2-4-11-13(6-9)18-11)16-7-8-1-3-10-12(5-8)17-10;1-2-7(6-8)4-3-5-7;1-2/h15-20H,5-14H2,1-4H3;8-13H,1-7H2;8H,2-6H2,1H3;1-2H3. The molecule has 12 atom stereocenters. The van der Waals surface area contributed by atoms with Crippen molar-refractivity contribution >= 4 is 32.8 Å². The van der Waals surface area contributed by atoms with Gasteiger partial charge in [0.1, 0.15) is 0 Å². The van der Waals surface area contributed by atoms with Gasteiger partial charge in [-0.15, -0.1) is 0 Å². The average Bonchev–Trinajstić information content (AvgIpc) is 3.95. The lowest BCUT2D eigenvalue weighted by Gasteiger charge is -2.39. The number of carbonyl (C=O) groups excluding carboxylic acids is 1. The van der Waals surface area contributed by atoms with Gasteiger partial charge in [0.05, 0.1) is 61.4 Å². The van der Waals surface area contributed by atoms with Crippen LogP contribution >= 0.6 is 0 Å². The van der Waals surface area contributed by atoms with Crippen LogP contribution in [0.2, 0.25) is 44.8 Å². The second-order valence-electron chi connectivity index (χ2n) is 19.6. The van der Waals surface area contributed by atoms with Gasteiger partial charge in [-0.1, -0.05) is 32.7 Å². The van der Waals surface area contributed by atoms with E-state index in [1.807, 2.05) is 0 Å². The van der Waals surface area contributed by atoms with Crippen LogP contribution in [0.25, 0.3) is 0 Å². The van der Waals surface area contributed by atoms with E-state index in [0.29, 0.717) is 73.4 Å². The van der Waals surface area contributed by atoms with Crippen molar-refractivity contribution < 1.29 is 37.7 Å². The third-order valence-electron chi connectivity index (χ3n) is 14.5. The van der Waals surface area contributed by atoms with Gasteiger partial charge >= 0.3 is 5.97 Å². The Labute approximate surface area is 327 Å². The molecule has 0 radical (unpaired) electrons. The lowest BCUT2D eigenvalue weighted by Crippen LogP contribution is -2.44. The number of hydrogen-bond donors (Lipinski definition) is 1. The number of aliphatic hydroxyl groups excluding tert-OH is 1. The molecular weight excluding hydrogens is 717 g/mol. The maximum absolute atomic E-state index is 12.0. The Morgan fingerprint density at radius 1 is 0.660 bits per heavy atom. The zero-order chi connectivity index (χ0) is 37.8. The van der Waals surface area contributed by atoms with Gasteiger partial charge in [-0.05, 0) is 168 Å². The number of rotatable bonds is 13. The summed E-state index contributed by atoms with van der Waals surface area (Å²) in [4.78, 5) is 12.0. The summed E-state index contributed by atoms with van der Waals surface area (Å²) in [5.41, 5.74) is 0.361. The fourth-order valence-corrected chi connectivity index (χ4v) is 19.3. The monoisotopic (exact) mass is 795 g/mol. The molecule has 306 valence electrons. The number of fused-ring (bicyclic) bond motifs is 4. The van der Waals surface area contributed by atoms with Crippen LogP contribution < -0.4 is 0 Å². The molecule has 11 heteroatoms. The molecule has 0 amide bonds. The molecule has 0 aromatic carbocycles. The number of aliphatic hydroxyl groups is 1. The van der Waals surface area contributed by atoms with Crippen molar-refractivity contribution in [2.24, 2.45) is 29.1 Å². The minimum absolute atomic E-state index is 0.00258. The summed E-state index contributed by atoms with van der Waals surface area (Å²) < 4.78 is 34.7. The van der Waals surface area contributed by atoms with Crippen LogP contribution in [0.4, 0.5) is 0 Å². The van der Waals surface area contributed by atoms with E-state index in [1.165, 1.54) is 93.0 Å². The van der Waals surface area contributed by atoms with Crippen LogP contribution in [0.3, 0.4) is 0 Å². The molecule has 0 aromatic rings. The van der Waals surface area contributed by atoms with Crippen molar-refractivity contribution in [2.75, 3.05) is 13.2 Å². The third-order valence-corrected chi connectivity index (χ3v) is 21.9. The highest BCUT2D eigenvalue weighted by molar-refractivity contribution is 6.84. The zero-order valence-corrected chi connectivity index (χ0v) is 38.8. The van der Waals surface area contributed by atoms with Crippen molar-refractivity contribution in [3.05, 3.63) is 0 Å². The third kappa shape index (κ3) is 12.7. The molecule has 5 saturated carbocycles. The summed E-state index contributed by atoms with van der Waals surface area (Å²) in [6.07, 6.45) is 26.3. The average molecular weight is 795 g/mol. The van der Waals surface area contributed by atoms with Gasteiger partial charge in [0, 0.05) is 6.61 Å². The highest BCUT2D eigenvalue weighted by Gasteiger charge is 2.48. The van der Waals surface area contributed by atoms with Gasteiger partial charge in [0.15, 0.2) is 16.6 Å². The number of epoxide rings is 4. The zero-order valence-electron chi connectivity index (χ0n) is 34.8. The normalized spacial score (nSPS) is 39.5. The molecule has 1 N–H and O–H groups in total. The van der Waals surface area contributed by atoms with E-state index in [9.17, 15) is 4.79 Å². The minimum Gasteiger partial charge on any atom is -0.465 e. The van der Waals surface area contributed by atoms with E-state index in [2.05, 4.69) is 39.7 Å². The molecular formula is C42H78O8Si3. The first-order valence-corrected chi connectivity index (χ1v) is 30.7. The summed E-state index contributed by atoms with van der Waals surface area (Å²) in [6.45, 7) is 15.2. The largest absolute Gasteiger partial charge is 0.465 e. The van der Waals surface area contributed by atoms with Gasteiger partial charge in [-0.3, -0.25) is 4.79 Å². The summed E-state index contributed by atoms with van der Waals surface area (Å²) in [5, 5.41) is 8.84. The molecule has 12 unspecified atom stereocenters. The van der Waals surface area contributed by atoms with Gasteiger partial charge in [0.25, 0.3) is 0 Å². The summed E-state index contributed by atoms with van der Waals surface area (Å²) in [6, 6.07) is 2.68. The summed E-state index contributed by atoms with van der Waals surface area (Å²) in [7, 11) is -1.75. The van der Waals surface area contributed by atoms with Crippen molar-refractivity contribution in [3.8, 4) is 0 Å². The molecule has 8 nitrogen and oxygen atoms in total. The second kappa shape index (κ2) is 18.6. The predicted octanol–water partition coefficient (Wildman–Crippen LogP) is 7.95. The van der Waals surface area contributed by atoms with Gasteiger partial charge in [0.2, 0.25) is 0 Å². The molecule has 5 aliphatic carbocycles. The van der Waals surface area contributed by atoms with Crippen molar-refractivity contribution in [2.45, 2.75) is 216 Å². The van der Waals surface area contributed by atoms with Gasteiger partial charge in [-0.2, -0.15) is 0 Å². The number of hydrogen-bond acceptors (Lipinski definition) is 8. The molecule has 9 fully saturated rings. The maximum atomic E-state index is 12.0. The smallest absolute Gasteiger partial charge is 0.309 e. The van der Waals surface area contributed by atoms with Gasteiger partial charge < -0.3 is 32.9 Å². The SMILES string of the molecule is CCC1(CO)CCC1.C[SiH3].C[Si](C)(CCC1CCC2OC2C1)O[Si](C)(C)CCC1CCC2OC2C1.O=C(OCC1CCC2OC2C1)C1CCC2OC2C1. The summed E-state index contributed by atoms with van der Waals surface area (Å²) >= 11 is 0. The van der Waals surface area contributed by atoms with Crippen LogP contribution in [0, 0.1) is 29.1 Å². The molecule has 0 bridgehead atoms. The molecule has 4 heterocycles. The Hall–Kier alpha value is -0.119. The molecule has 0 spiro atoms. The highest BCUT2D eigenvalue weighted by atomic mass is 28.4. The molecule has 9 rings (SSSR count). The Morgan fingerprint density at radius 2 is 1.09 bits per heavy atom. The van der Waals surface area contributed by atoms with E-state index in [-0.39, 0.29) is 11.9 Å². The predicted molar refractivity (Wildman–Crippen MR) is 219 cm³/mol. The molecule has 53 heavy (non-hydrogen) atoms. The van der Waals surface area contributed by atoms with E-state index in [0.717, 1.165) is 56.8 Å². The number of esters is 1. The van der Waals surface area contributed by atoms with Crippen molar-refractivity contribution in [3.63, 3.8) is 0 Å². The first-order valence-electron chi connectivity index (χ1n) is 22.5. The van der Waals surface area contributed by atoms with E-state index >= 15 is 0 Å². The van der Waals surface area contributed by atoms with Gasteiger partial charge in [-0.25, -0.2) is 0 Å². The first kappa shape index (κ1) is 42.5. The maximum Gasteiger partial charge on any atom is 0.309 e. The van der Waals surface area contributed by atoms with Crippen LogP contribution in [0.5, 0.6) is 0 Å². The Morgan fingerprint density at radius 3 is 1.47 bits per heavy atom.